The van der Waals surface area contributed by atoms with Gasteiger partial charge in [0, 0.05) is 18.4 Å². The van der Waals surface area contributed by atoms with Crippen LogP contribution in [0.1, 0.15) is 48.6 Å². The highest BCUT2D eigenvalue weighted by Gasteiger charge is 2.14. The molecule has 1 N–H and O–H groups in total. The van der Waals surface area contributed by atoms with Gasteiger partial charge in [0.15, 0.2) is 0 Å². The van der Waals surface area contributed by atoms with E-state index in [0.29, 0.717) is 0 Å². The average molecular weight is 387 g/mol. The SMILES string of the molecule is C=CC(=C)N(/C=C\C)/C(NCc1ccc(C)cc1)=C(\C)c1ccc(C)c(CC)c1. The largest absolute Gasteiger partial charge is 0.367 e. The summed E-state index contributed by atoms with van der Waals surface area (Å²) in [5, 5.41) is 3.65. The first-order valence-electron chi connectivity index (χ1n) is 10.2. The molecule has 0 heterocycles. The minimum Gasteiger partial charge on any atom is -0.367 e. The van der Waals surface area contributed by atoms with Crippen molar-refractivity contribution >= 4 is 5.57 Å². The maximum atomic E-state index is 4.19. The highest BCUT2D eigenvalue weighted by Crippen LogP contribution is 2.25. The molecule has 0 radical (unpaired) electrons. The predicted molar refractivity (Wildman–Crippen MR) is 127 cm³/mol. The second kappa shape index (κ2) is 10.5. The van der Waals surface area contributed by atoms with Crippen LogP contribution in [0.4, 0.5) is 0 Å². The van der Waals surface area contributed by atoms with Crippen LogP contribution in [-0.4, -0.2) is 4.90 Å². The molecule has 2 rings (SSSR count). The summed E-state index contributed by atoms with van der Waals surface area (Å²) in [6.45, 7) is 19.5. The minimum atomic E-state index is 0.734. The minimum absolute atomic E-state index is 0.734. The maximum Gasteiger partial charge on any atom is 0.114 e. The summed E-state index contributed by atoms with van der Waals surface area (Å²) in [4.78, 5) is 2.07. The van der Waals surface area contributed by atoms with Crippen LogP contribution in [0.25, 0.3) is 5.57 Å². The summed E-state index contributed by atoms with van der Waals surface area (Å²) >= 11 is 0. The van der Waals surface area contributed by atoms with Gasteiger partial charge < -0.3 is 10.2 Å². The smallest absolute Gasteiger partial charge is 0.114 e. The van der Waals surface area contributed by atoms with Gasteiger partial charge in [0.25, 0.3) is 0 Å². The van der Waals surface area contributed by atoms with E-state index in [4.69, 9.17) is 0 Å². The summed E-state index contributed by atoms with van der Waals surface area (Å²) in [5.41, 5.74) is 8.43. The molecule has 0 saturated carbocycles. The van der Waals surface area contributed by atoms with Crippen molar-refractivity contribution < 1.29 is 0 Å². The highest BCUT2D eigenvalue weighted by molar-refractivity contribution is 5.68. The third-order valence-electron chi connectivity index (χ3n) is 5.18. The van der Waals surface area contributed by atoms with Crippen LogP contribution in [0.15, 0.2) is 85.5 Å². The lowest BCUT2D eigenvalue weighted by Crippen LogP contribution is -2.27. The Hall–Kier alpha value is -3.00. The molecule has 0 fully saturated rings. The van der Waals surface area contributed by atoms with Crippen LogP contribution in [-0.2, 0) is 13.0 Å². The van der Waals surface area contributed by atoms with Crippen molar-refractivity contribution in [2.45, 2.75) is 47.6 Å². The first-order valence-corrected chi connectivity index (χ1v) is 10.2. The van der Waals surface area contributed by atoms with Crippen LogP contribution in [0, 0.1) is 13.8 Å². The molecule has 0 spiro atoms. The lowest BCUT2D eigenvalue weighted by molar-refractivity contribution is 0.526. The molecule has 0 amide bonds. The van der Waals surface area contributed by atoms with E-state index in [1.165, 1.54) is 33.4 Å². The Morgan fingerprint density at radius 1 is 1.10 bits per heavy atom. The number of hydrogen-bond acceptors (Lipinski definition) is 2. The van der Waals surface area contributed by atoms with Crippen LogP contribution in [0.3, 0.4) is 0 Å². The van der Waals surface area contributed by atoms with Gasteiger partial charge in [-0.05, 0) is 68.0 Å². The van der Waals surface area contributed by atoms with E-state index in [1.54, 1.807) is 6.08 Å². The second-order valence-corrected chi connectivity index (χ2v) is 7.36. The standard InChI is InChI=1S/C27H34N2/c1-8-17-29(22(6)9-2)27(28-19-24-14-11-20(4)12-15-24)23(7)26-16-13-21(5)25(10-3)18-26/h8-9,11-18,28H,2,6,10,19H2,1,3-5,7H3/b17-8-,27-23+. The lowest BCUT2D eigenvalue weighted by atomic mass is 9.98. The third-order valence-corrected chi connectivity index (χ3v) is 5.18. The fraction of sp³-hybridized carbons (Fsp3) is 0.259. The van der Waals surface area contributed by atoms with Crippen molar-refractivity contribution in [1.29, 1.82) is 0 Å². The Morgan fingerprint density at radius 2 is 1.79 bits per heavy atom. The van der Waals surface area contributed by atoms with Crippen molar-refractivity contribution in [3.8, 4) is 0 Å². The summed E-state index contributed by atoms with van der Waals surface area (Å²) in [6, 6.07) is 15.3. The van der Waals surface area contributed by atoms with Gasteiger partial charge in [-0.15, -0.1) is 0 Å². The number of nitrogens with zero attached hydrogens (tertiary/aromatic N) is 1. The van der Waals surface area contributed by atoms with Gasteiger partial charge in [0.05, 0.1) is 0 Å². The number of nitrogens with one attached hydrogen (secondary N) is 1. The molecule has 29 heavy (non-hydrogen) atoms. The summed E-state index contributed by atoms with van der Waals surface area (Å²) < 4.78 is 0. The Kier molecular flexibility index (Phi) is 8.09. The summed E-state index contributed by atoms with van der Waals surface area (Å²) in [6.07, 6.45) is 6.85. The molecule has 0 saturated heterocycles. The number of benzene rings is 2. The number of allylic oxidation sites excluding steroid dienone is 3. The molecule has 0 aliphatic carbocycles. The molecule has 152 valence electrons. The Labute approximate surface area is 177 Å². The maximum absolute atomic E-state index is 4.19. The zero-order chi connectivity index (χ0) is 21.4. The van der Waals surface area contributed by atoms with Crippen LogP contribution in [0.2, 0.25) is 0 Å². The average Bonchev–Trinajstić information content (AvgIpc) is 2.73. The van der Waals surface area contributed by atoms with Crippen LogP contribution in [0.5, 0.6) is 0 Å². The Bertz CT molecular complexity index is 914. The number of aryl methyl sites for hydroxylation is 3. The van der Waals surface area contributed by atoms with E-state index in [9.17, 15) is 0 Å². The molecule has 2 heteroatoms. The van der Waals surface area contributed by atoms with Crippen molar-refractivity contribution in [3.05, 3.63) is 113 Å². The van der Waals surface area contributed by atoms with Gasteiger partial charge in [-0.3, -0.25) is 0 Å². The molecule has 0 aliphatic heterocycles. The zero-order valence-corrected chi connectivity index (χ0v) is 18.5. The van der Waals surface area contributed by atoms with Gasteiger partial charge >= 0.3 is 0 Å². The van der Waals surface area contributed by atoms with Crippen LogP contribution < -0.4 is 5.32 Å². The molecule has 2 aromatic carbocycles. The van der Waals surface area contributed by atoms with Gasteiger partial charge in [-0.1, -0.05) is 74.2 Å². The first kappa shape index (κ1) is 22.3. The van der Waals surface area contributed by atoms with Gasteiger partial charge in [0.2, 0.25) is 0 Å². The van der Waals surface area contributed by atoms with Crippen molar-refractivity contribution in [3.63, 3.8) is 0 Å². The van der Waals surface area contributed by atoms with E-state index in [2.05, 4.69) is 93.5 Å². The molecule has 0 bridgehead atoms. The van der Waals surface area contributed by atoms with E-state index in [0.717, 1.165) is 24.5 Å². The fourth-order valence-electron chi connectivity index (χ4n) is 3.27. The van der Waals surface area contributed by atoms with Crippen LogP contribution >= 0.6 is 0 Å². The lowest BCUT2D eigenvalue weighted by Gasteiger charge is -2.28. The third kappa shape index (κ3) is 5.74. The Balaban J connectivity index is 2.51. The fourth-order valence-corrected chi connectivity index (χ4v) is 3.27. The summed E-state index contributed by atoms with van der Waals surface area (Å²) in [7, 11) is 0. The van der Waals surface area contributed by atoms with E-state index in [1.807, 2.05) is 19.2 Å². The molecular weight excluding hydrogens is 352 g/mol. The normalized spacial score (nSPS) is 11.9. The van der Waals surface area contributed by atoms with Crippen molar-refractivity contribution in [2.24, 2.45) is 0 Å². The molecule has 0 unspecified atom stereocenters. The van der Waals surface area contributed by atoms with Crippen molar-refractivity contribution in [2.75, 3.05) is 0 Å². The molecule has 0 aliphatic rings. The number of rotatable bonds is 9. The number of hydrogen-bond donors (Lipinski definition) is 1. The highest BCUT2D eigenvalue weighted by atomic mass is 15.2. The molecule has 0 atom stereocenters. The molecule has 2 aromatic rings. The van der Waals surface area contributed by atoms with Gasteiger partial charge in [-0.25, -0.2) is 0 Å². The molecular formula is C27H34N2. The second-order valence-electron chi connectivity index (χ2n) is 7.36. The van der Waals surface area contributed by atoms with Gasteiger partial charge in [0.1, 0.15) is 5.82 Å². The van der Waals surface area contributed by atoms with Crippen molar-refractivity contribution in [1.82, 2.24) is 10.2 Å². The summed E-state index contributed by atoms with van der Waals surface area (Å²) in [5.74, 6) is 1.01. The monoisotopic (exact) mass is 386 g/mol. The van der Waals surface area contributed by atoms with E-state index in [-0.39, 0.29) is 0 Å². The van der Waals surface area contributed by atoms with E-state index < -0.39 is 0 Å². The Morgan fingerprint density at radius 3 is 2.38 bits per heavy atom. The van der Waals surface area contributed by atoms with Gasteiger partial charge in [-0.2, -0.15) is 0 Å². The first-order chi connectivity index (χ1) is 13.9. The predicted octanol–water partition coefficient (Wildman–Crippen LogP) is 6.88. The molecule has 2 nitrogen and oxygen atoms in total. The zero-order valence-electron chi connectivity index (χ0n) is 18.5. The topological polar surface area (TPSA) is 15.3 Å². The quantitative estimate of drug-likeness (QED) is 0.473. The molecule has 0 aromatic heterocycles. The van der Waals surface area contributed by atoms with E-state index >= 15 is 0 Å².